The minimum absolute atomic E-state index is 0.0298. The van der Waals surface area contributed by atoms with Gasteiger partial charge in [0.1, 0.15) is 0 Å². The number of carbonyl (C=O) groups excluding carboxylic acids is 3. The van der Waals surface area contributed by atoms with Crippen molar-refractivity contribution in [3.8, 4) is 0 Å². The summed E-state index contributed by atoms with van der Waals surface area (Å²) in [6.07, 6.45) is 2.72. The summed E-state index contributed by atoms with van der Waals surface area (Å²) in [6, 6.07) is 7.01. The number of nitrogens with zero attached hydrogens (tertiary/aromatic N) is 1. The maximum atomic E-state index is 11.8. The SMILES string of the molecule is CCOC(=O)Cc1csc(NC(=O)COC(=O)/C=C/c2ccccc2Cl)n1. The van der Waals surface area contributed by atoms with Crippen molar-refractivity contribution in [2.75, 3.05) is 18.5 Å². The lowest BCUT2D eigenvalue weighted by atomic mass is 10.2. The van der Waals surface area contributed by atoms with Crippen molar-refractivity contribution >= 4 is 52.0 Å². The molecule has 1 N–H and O–H groups in total. The predicted molar refractivity (Wildman–Crippen MR) is 103 cm³/mol. The molecular formula is C18H17ClN2O5S. The fourth-order valence-corrected chi connectivity index (χ4v) is 2.84. The highest BCUT2D eigenvalue weighted by Crippen LogP contribution is 2.17. The van der Waals surface area contributed by atoms with Crippen molar-refractivity contribution in [3.05, 3.63) is 52.0 Å². The quantitative estimate of drug-likeness (QED) is 0.532. The molecule has 1 aromatic heterocycles. The first kappa shape index (κ1) is 20.6. The fraction of sp³-hybridized carbons (Fsp3) is 0.222. The highest BCUT2D eigenvalue weighted by Gasteiger charge is 2.11. The van der Waals surface area contributed by atoms with Gasteiger partial charge in [0.25, 0.3) is 5.91 Å². The number of hydrogen-bond donors (Lipinski definition) is 1. The Hall–Kier alpha value is -2.71. The number of amides is 1. The van der Waals surface area contributed by atoms with E-state index < -0.39 is 18.5 Å². The first-order valence-corrected chi connectivity index (χ1v) is 9.23. The second-order valence-electron chi connectivity index (χ2n) is 5.14. The normalized spacial score (nSPS) is 10.6. The van der Waals surface area contributed by atoms with Crippen molar-refractivity contribution in [2.45, 2.75) is 13.3 Å². The van der Waals surface area contributed by atoms with Gasteiger partial charge in [0, 0.05) is 16.5 Å². The summed E-state index contributed by atoms with van der Waals surface area (Å²) >= 11 is 7.14. The molecule has 0 aliphatic carbocycles. The minimum atomic E-state index is -0.674. The first-order valence-electron chi connectivity index (χ1n) is 7.97. The number of ether oxygens (including phenoxy) is 2. The lowest BCUT2D eigenvalue weighted by molar-refractivity contribution is -0.142. The van der Waals surface area contributed by atoms with Crippen LogP contribution in [0.3, 0.4) is 0 Å². The largest absolute Gasteiger partial charge is 0.466 e. The van der Waals surface area contributed by atoms with E-state index in [2.05, 4.69) is 10.3 Å². The van der Waals surface area contributed by atoms with Crippen LogP contribution >= 0.6 is 22.9 Å². The van der Waals surface area contributed by atoms with Crippen LogP contribution in [0.2, 0.25) is 5.02 Å². The molecule has 142 valence electrons. The molecule has 1 aromatic carbocycles. The Kier molecular flexibility index (Phi) is 7.97. The molecule has 0 aliphatic rings. The van der Waals surface area contributed by atoms with E-state index in [9.17, 15) is 14.4 Å². The highest BCUT2D eigenvalue weighted by molar-refractivity contribution is 7.13. The number of anilines is 1. The molecule has 0 atom stereocenters. The molecule has 0 saturated carbocycles. The molecule has 27 heavy (non-hydrogen) atoms. The molecule has 2 rings (SSSR count). The van der Waals surface area contributed by atoms with Gasteiger partial charge < -0.3 is 9.47 Å². The average Bonchev–Trinajstić information content (AvgIpc) is 3.06. The van der Waals surface area contributed by atoms with Crippen LogP contribution in [0, 0.1) is 0 Å². The van der Waals surface area contributed by atoms with E-state index in [1.807, 2.05) is 0 Å². The number of carbonyl (C=O) groups is 3. The minimum Gasteiger partial charge on any atom is -0.466 e. The Morgan fingerprint density at radius 3 is 2.78 bits per heavy atom. The zero-order valence-electron chi connectivity index (χ0n) is 14.4. The van der Waals surface area contributed by atoms with Crippen molar-refractivity contribution < 1.29 is 23.9 Å². The number of hydrogen-bond acceptors (Lipinski definition) is 7. The van der Waals surface area contributed by atoms with E-state index >= 15 is 0 Å². The molecule has 0 unspecified atom stereocenters. The number of esters is 2. The van der Waals surface area contributed by atoms with Crippen LogP contribution in [0.4, 0.5) is 5.13 Å². The van der Waals surface area contributed by atoms with E-state index in [1.54, 1.807) is 36.6 Å². The Morgan fingerprint density at radius 2 is 2.04 bits per heavy atom. The lowest BCUT2D eigenvalue weighted by Gasteiger charge is -2.02. The Morgan fingerprint density at radius 1 is 1.26 bits per heavy atom. The Bertz CT molecular complexity index is 850. The van der Waals surface area contributed by atoms with Gasteiger partial charge in [0.15, 0.2) is 11.7 Å². The van der Waals surface area contributed by atoms with Crippen LogP contribution in [0.25, 0.3) is 6.08 Å². The molecule has 1 heterocycles. The molecule has 0 aliphatic heterocycles. The lowest BCUT2D eigenvalue weighted by Crippen LogP contribution is -2.20. The van der Waals surface area contributed by atoms with Gasteiger partial charge in [-0.1, -0.05) is 29.8 Å². The average molecular weight is 409 g/mol. The third-order valence-electron chi connectivity index (χ3n) is 3.08. The van der Waals surface area contributed by atoms with Crippen molar-refractivity contribution in [1.29, 1.82) is 0 Å². The standard InChI is InChI=1S/C18H17ClN2O5S/c1-2-25-17(24)9-13-11-27-18(20-13)21-15(22)10-26-16(23)8-7-12-5-3-4-6-14(12)19/h3-8,11H,2,9-10H2,1H3,(H,20,21,22)/b8-7+. The molecule has 0 bridgehead atoms. The maximum Gasteiger partial charge on any atom is 0.331 e. The second kappa shape index (κ2) is 10.4. The number of nitrogens with one attached hydrogen (secondary N) is 1. The molecular weight excluding hydrogens is 392 g/mol. The Labute approximate surface area is 165 Å². The van der Waals surface area contributed by atoms with Crippen molar-refractivity contribution in [3.63, 3.8) is 0 Å². The zero-order valence-corrected chi connectivity index (χ0v) is 16.0. The molecule has 1 amide bonds. The summed E-state index contributed by atoms with van der Waals surface area (Å²) in [6.45, 7) is 1.55. The molecule has 9 heteroatoms. The number of halogens is 1. The number of benzene rings is 1. The number of thiazole rings is 1. The molecule has 0 saturated heterocycles. The fourth-order valence-electron chi connectivity index (χ4n) is 1.91. The van der Waals surface area contributed by atoms with E-state index in [4.69, 9.17) is 21.1 Å². The monoisotopic (exact) mass is 408 g/mol. The van der Waals surface area contributed by atoms with E-state index in [0.29, 0.717) is 28.0 Å². The van der Waals surface area contributed by atoms with E-state index in [1.165, 1.54) is 12.2 Å². The molecule has 0 radical (unpaired) electrons. The van der Waals surface area contributed by atoms with Gasteiger partial charge in [-0.25, -0.2) is 9.78 Å². The topological polar surface area (TPSA) is 94.6 Å². The number of aromatic nitrogens is 1. The molecule has 2 aromatic rings. The first-order chi connectivity index (χ1) is 13.0. The van der Waals surface area contributed by atoms with Crippen LogP contribution in [0.1, 0.15) is 18.2 Å². The van der Waals surface area contributed by atoms with Crippen LogP contribution < -0.4 is 5.32 Å². The van der Waals surface area contributed by atoms with Gasteiger partial charge in [0.2, 0.25) is 0 Å². The predicted octanol–water partition coefficient (Wildman–Crippen LogP) is 3.10. The Balaban J connectivity index is 1.77. The van der Waals surface area contributed by atoms with Gasteiger partial charge in [0.05, 0.1) is 18.7 Å². The summed E-state index contributed by atoms with van der Waals surface area (Å²) in [4.78, 5) is 39.0. The van der Waals surface area contributed by atoms with Crippen LogP contribution in [-0.2, 0) is 30.3 Å². The van der Waals surface area contributed by atoms with Crippen LogP contribution in [0.5, 0.6) is 0 Å². The summed E-state index contributed by atoms with van der Waals surface area (Å²) in [5.74, 6) is -1.60. The van der Waals surface area contributed by atoms with Crippen LogP contribution in [-0.4, -0.2) is 36.0 Å². The number of rotatable bonds is 8. The van der Waals surface area contributed by atoms with Gasteiger partial charge in [-0.05, 0) is 24.6 Å². The molecule has 0 fully saturated rings. The summed E-state index contributed by atoms with van der Waals surface area (Å²) in [5, 5.41) is 4.95. The van der Waals surface area contributed by atoms with Gasteiger partial charge >= 0.3 is 11.9 Å². The third-order valence-corrected chi connectivity index (χ3v) is 4.23. The smallest absolute Gasteiger partial charge is 0.331 e. The summed E-state index contributed by atoms with van der Waals surface area (Å²) in [5.41, 5.74) is 1.16. The maximum absolute atomic E-state index is 11.8. The van der Waals surface area contributed by atoms with E-state index in [0.717, 1.165) is 11.3 Å². The van der Waals surface area contributed by atoms with Crippen LogP contribution in [0.15, 0.2) is 35.7 Å². The highest BCUT2D eigenvalue weighted by atomic mass is 35.5. The van der Waals surface area contributed by atoms with Crippen molar-refractivity contribution in [2.24, 2.45) is 0 Å². The van der Waals surface area contributed by atoms with Crippen molar-refractivity contribution in [1.82, 2.24) is 4.98 Å². The van der Waals surface area contributed by atoms with Gasteiger partial charge in [-0.3, -0.25) is 14.9 Å². The second-order valence-corrected chi connectivity index (χ2v) is 6.40. The molecule has 0 spiro atoms. The summed E-state index contributed by atoms with van der Waals surface area (Å²) < 4.78 is 9.69. The summed E-state index contributed by atoms with van der Waals surface area (Å²) in [7, 11) is 0. The van der Waals surface area contributed by atoms with E-state index in [-0.39, 0.29) is 12.4 Å². The van der Waals surface area contributed by atoms with Gasteiger partial charge in [-0.2, -0.15) is 0 Å². The molecule has 7 nitrogen and oxygen atoms in total. The van der Waals surface area contributed by atoms with Gasteiger partial charge in [-0.15, -0.1) is 11.3 Å². The zero-order chi connectivity index (χ0) is 19.6. The third kappa shape index (κ3) is 7.20.